The first kappa shape index (κ1) is 16.2. The first-order valence-corrected chi connectivity index (χ1v) is 7.44. The van der Waals surface area contributed by atoms with Gasteiger partial charge in [0.1, 0.15) is 5.75 Å². The van der Waals surface area contributed by atoms with E-state index in [4.69, 9.17) is 32.5 Å². The lowest BCUT2D eigenvalue weighted by molar-refractivity contribution is -0.384. The highest BCUT2D eigenvalue weighted by Crippen LogP contribution is 2.30. The molecule has 2 aromatic carbocycles. The molecule has 0 aliphatic rings. The Labute approximate surface area is 145 Å². The summed E-state index contributed by atoms with van der Waals surface area (Å²) in [6.07, 6.45) is 0. The molecule has 0 aliphatic carbocycles. The maximum atomic E-state index is 10.7. The number of nitrogens with zero attached hydrogens (tertiary/aromatic N) is 3. The molecule has 24 heavy (non-hydrogen) atoms. The van der Waals surface area contributed by atoms with Crippen LogP contribution in [0.1, 0.15) is 5.82 Å². The van der Waals surface area contributed by atoms with Crippen molar-refractivity contribution in [1.82, 2.24) is 10.1 Å². The number of rotatable bonds is 5. The summed E-state index contributed by atoms with van der Waals surface area (Å²) in [5.74, 6) is 0.847. The highest BCUT2D eigenvalue weighted by Gasteiger charge is 2.14. The van der Waals surface area contributed by atoms with Crippen molar-refractivity contribution in [1.29, 1.82) is 0 Å². The second kappa shape index (κ2) is 6.86. The second-order valence-corrected chi connectivity index (χ2v) is 5.47. The average Bonchev–Trinajstić information content (AvgIpc) is 3.02. The molecule has 1 heterocycles. The Hall–Kier alpha value is -2.64. The summed E-state index contributed by atoms with van der Waals surface area (Å²) in [4.78, 5) is 14.3. The molecular weight excluding hydrogens is 357 g/mol. The van der Waals surface area contributed by atoms with E-state index >= 15 is 0 Å². The zero-order valence-corrected chi connectivity index (χ0v) is 13.5. The van der Waals surface area contributed by atoms with Crippen LogP contribution in [0.15, 0.2) is 47.0 Å². The molecule has 1 aromatic heterocycles. The van der Waals surface area contributed by atoms with Gasteiger partial charge in [0.25, 0.3) is 11.6 Å². The molecule has 122 valence electrons. The van der Waals surface area contributed by atoms with Crippen LogP contribution in [-0.2, 0) is 6.61 Å². The zero-order valence-electron chi connectivity index (χ0n) is 12.0. The Morgan fingerprint density at radius 3 is 2.67 bits per heavy atom. The van der Waals surface area contributed by atoms with Crippen molar-refractivity contribution in [3.8, 4) is 17.2 Å². The maximum absolute atomic E-state index is 10.7. The molecule has 3 rings (SSSR count). The van der Waals surface area contributed by atoms with Gasteiger partial charge in [0.05, 0.1) is 20.5 Å². The molecule has 0 saturated heterocycles. The minimum atomic E-state index is -0.537. The van der Waals surface area contributed by atoms with Gasteiger partial charge in [-0.25, -0.2) is 0 Å². The van der Waals surface area contributed by atoms with E-state index in [0.29, 0.717) is 16.4 Å². The fourth-order valence-corrected chi connectivity index (χ4v) is 2.37. The minimum Gasteiger partial charge on any atom is -0.484 e. The molecule has 0 fully saturated rings. The standard InChI is InChI=1S/C15H9Cl2N3O4/c16-11-4-2-1-3-10(11)15-18-14(19-24-15)8-23-13-6-5-9(20(21)22)7-12(13)17/h1-7H,8H2. The van der Waals surface area contributed by atoms with Crippen molar-refractivity contribution in [2.75, 3.05) is 0 Å². The smallest absolute Gasteiger partial charge is 0.271 e. The third-order valence-electron chi connectivity index (χ3n) is 3.06. The normalized spacial score (nSPS) is 10.6. The van der Waals surface area contributed by atoms with Gasteiger partial charge in [-0.3, -0.25) is 10.1 Å². The van der Waals surface area contributed by atoms with Crippen LogP contribution in [0.3, 0.4) is 0 Å². The lowest BCUT2D eigenvalue weighted by Crippen LogP contribution is -1.98. The van der Waals surface area contributed by atoms with E-state index in [1.54, 1.807) is 24.3 Å². The Balaban J connectivity index is 1.72. The van der Waals surface area contributed by atoms with E-state index in [1.807, 2.05) is 0 Å². The summed E-state index contributed by atoms with van der Waals surface area (Å²) in [7, 11) is 0. The zero-order chi connectivity index (χ0) is 17.1. The number of hydrogen-bond acceptors (Lipinski definition) is 6. The molecule has 7 nitrogen and oxygen atoms in total. The maximum Gasteiger partial charge on any atom is 0.271 e. The van der Waals surface area contributed by atoms with Crippen LogP contribution in [0.5, 0.6) is 5.75 Å². The van der Waals surface area contributed by atoms with Crippen LogP contribution in [0.2, 0.25) is 10.0 Å². The van der Waals surface area contributed by atoms with Gasteiger partial charge >= 0.3 is 0 Å². The summed E-state index contributed by atoms with van der Waals surface area (Å²) in [5.41, 5.74) is 0.499. The van der Waals surface area contributed by atoms with Gasteiger partial charge in [-0.2, -0.15) is 4.98 Å². The van der Waals surface area contributed by atoms with Gasteiger partial charge in [0, 0.05) is 12.1 Å². The van der Waals surface area contributed by atoms with Crippen molar-refractivity contribution < 1.29 is 14.2 Å². The molecule has 0 bridgehead atoms. The van der Waals surface area contributed by atoms with E-state index in [-0.39, 0.29) is 29.0 Å². The van der Waals surface area contributed by atoms with Crippen molar-refractivity contribution in [2.45, 2.75) is 6.61 Å². The van der Waals surface area contributed by atoms with Gasteiger partial charge < -0.3 is 9.26 Å². The van der Waals surface area contributed by atoms with E-state index < -0.39 is 4.92 Å². The Kier molecular flexibility index (Phi) is 4.64. The Morgan fingerprint density at radius 2 is 1.96 bits per heavy atom. The molecule has 0 radical (unpaired) electrons. The highest BCUT2D eigenvalue weighted by atomic mass is 35.5. The lowest BCUT2D eigenvalue weighted by Gasteiger charge is -2.04. The summed E-state index contributed by atoms with van der Waals surface area (Å²) in [5, 5.41) is 15.1. The first-order chi connectivity index (χ1) is 11.5. The van der Waals surface area contributed by atoms with Gasteiger partial charge in [0.2, 0.25) is 5.82 Å². The molecule has 9 heteroatoms. The monoisotopic (exact) mass is 365 g/mol. The number of benzene rings is 2. The number of nitro groups is 1. The number of aromatic nitrogens is 2. The van der Waals surface area contributed by atoms with Crippen LogP contribution in [0.4, 0.5) is 5.69 Å². The molecule has 0 amide bonds. The summed E-state index contributed by atoms with van der Waals surface area (Å²) >= 11 is 12.0. The Bertz CT molecular complexity index is 898. The van der Waals surface area contributed by atoms with Crippen molar-refractivity contribution in [3.05, 3.63) is 68.4 Å². The molecule has 0 saturated carbocycles. The molecule has 0 aliphatic heterocycles. The number of non-ortho nitro benzene ring substituents is 1. The van der Waals surface area contributed by atoms with Crippen LogP contribution < -0.4 is 4.74 Å². The number of halogens is 2. The quantitative estimate of drug-likeness (QED) is 0.487. The number of hydrogen-bond donors (Lipinski definition) is 0. The highest BCUT2D eigenvalue weighted by molar-refractivity contribution is 6.33. The third-order valence-corrected chi connectivity index (χ3v) is 3.68. The molecule has 0 spiro atoms. The van der Waals surface area contributed by atoms with Crippen LogP contribution in [0.25, 0.3) is 11.5 Å². The average molecular weight is 366 g/mol. The molecule has 0 N–H and O–H groups in total. The third kappa shape index (κ3) is 3.47. The van der Waals surface area contributed by atoms with Crippen LogP contribution in [-0.4, -0.2) is 15.1 Å². The van der Waals surface area contributed by atoms with E-state index in [9.17, 15) is 10.1 Å². The Morgan fingerprint density at radius 1 is 1.17 bits per heavy atom. The van der Waals surface area contributed by atoms with Gasteiger partial charge in [-0.05, 0) is 18.2 Å². The first-order valence-electron chi connectivity index (χ1n) is 6.69. The van der Waals surface area contributed by atoms with Gasteiger partial charge in [0.15, 0.2) is 6.61 Å². The van der Waals surface area contributed by atoms with Crippen molar-refractivity contribution in [3.63, 3.8) is 0 Å². The topological polar surface area (TPSA) is 91.3 Å². The summed E-state index contributed by atoms with van der Waals surface area (Å²) in [6.45, 7) is -0.00845. The fourth-order valence-electron chi connectivity index (χ4n) is 1.92. The van der Waals surface area contributed by atoms with E-state index in [1.165, 1.54) is 18.2 Å². The number of nitro benzene ring substituents is 1. The minimum absolute atomic E-state index is 0.00845. The summed E-state index contributed by atoms with van der Waals surface area (Å²) < 4.78 is 10.6. The number of ether oxygens (including phenoxy) is 1. The van der Waals surface area contributed by atoms with Gasteiger partial charge in [-0.1, -0.05) is 40.5 Å². The SMILES string of the molecule is O=[N+]([O-])c1ccc(OCc2noc(-c3ccccc3Cl)n2)c(Cl)c1. The molecule has 0 atom stereocenters. The fraction of sp³-hybridized carbons (Fsp3) is 0.0667. The lowest BCUT2D eigenvalue weighted by atomic mass is 10.2. The summed E-state index contributed by atoms with van der Waals surface area (Å²) in [6, 6.07) is 11.0. The predicted molar refractivity (Wildman–Crippen MR) is 87.2 cm³/mol. The largest absolute Gasteiger partial charge is 0.484 e. The van der Waals surface area contributed by atoms with E-state index in [0.717, 1.165) is 0 Å². The van der Waals surface area contributed by atoms with Crippen molar-refractivity contribution >= 4 is 28.9 Å². The van der Waals surface area contributed by atoms with Crippen molar-refractivity contribution in [2.24, 2.45) is 0 Å². The van der Waals surface area contributed by atoms with E-state index in [2.05, 4.69) is 10.1 Å². The second-order valence-electron chi connectivity index (χ2n) is 4.66. The van der Waals surface area contributed by atoms with Crippen LogP contribution >= 0.6 is 23.2 Å². The molecular formula is C15H9Cl2N3O4. The van der Waals surface area contributed by atoms with Crippen LogP contribution in [0, 0.1) is 10.1 Å². The molecule has 0 unspecified atom stereocenters. The predicted octanol–water partition coefficient (Wildman–Crippen LogP) is 4.53. The van der Waals surface area contributed by atoms with Gasteiger partial charge in [-0.15, -0.1) is 0 Å². The molecule has 3 aromatic rings.